The van der Waals surface area contributed by atoms with Crippen molar-refractivity contribution in [2.45, 2.75) is 57.8 Å². The van der Waals surface area contributed by atoms with Gasteiger partial charge in [0.25, 0.3) is 0 Å². The maximum absolute atomic E-state index is 11.7. The number of nitrogens with two attached hydrogens (primary N) is 1. The van der Waals surface area contributed by atoms with E-state index < -0.39 is 0 Å². The van der Waals surface area contributed by atoms with Crippen molar-refractivity contribution in [1.29, 1.82) is 0 Å². The third-order valence-electron chi connectivity index (χ3n) is 4.37. The first kappa shape index (κ1) is 10.0. The summed E-state index contributed by atoms with van der Waals surface area (Å²) in [5.74, 6) is 0.601. The zero-order valence-corrected chi connectivity index (χ0v) is 8.93. The van der Waals surface area contributed by atoms with Gasteiger partial charge in [-0.1, -0.05) is 32.1 Å². The van der Waals surface area contributed by atoms with E-state index in [0.29, 0.717) is 5.92 Å². The molecule has 2 nitrogen and oxygen atoms in total. The van der Waals surface area contributed by atoms with Crippen LogP contribution >= 0.6 is 0 Å². The summed E-state index contributed by atoms with van der Waals surface area (Å²) in [7, 11) is 0. The van der Waals surface area contributed by atoms with Gasteiger partial charge in [0.1, 0.15) is 0 Å². The minimum atomic E-state index is -0.102. The predicted molar refractivity (Wildman–Crippen MR) is 56.7 cm³/mol. The summed E-state index contributed by atoms with van der Waals surface area (Å²) < 4.78 is 0. The number of hydrogen-bond acceptors (Lipinski definition) is 1. The van der Waals surface area contributed by atoms with Gasteiger partial charge in [-0.05, 0) is 31.6 Å². The Kier molecular flexibility index (Phi) is 2.80. The zero-order chi connectivity index (χ0) is 10.0. The van der Waals surface area contributed by atoms with Gasteiger partial charge in [0, 0.05) is 0 Å². The Morgan fingerprint density at radius 2 is 1.57 bits per heavy atom. The molecular formula is C12H21NO. The van der Waals surface area contributed by atoms with Crippen LogP contribution in [-0.4, -0.2) is 5.91 Å². The van der Waals surface area contributed by atoms with Crippen LogP contribution in [0.5, 0.6) is 0 Å². The molecule has 1 amide bonds. The van der Waals surface area contributed by atoms with Gasteiger partial charge in [-0.2, -0.15) is 0 Å². The summed E-state index contributed by atoms with van der Waals surface area (Å²) in [6.45, 7) is 0. The lowest BCUT2D eigenvalue weighted by Crippen LogP contribution is -2.43. The summed E-state index contributed by atoms with van der Waals surface area (Å²) in [6, 6.07) is 0. The monoisotopic (exact) mass is 195 g/mol. The average molecular weight is 195 g/mol. The molecular weight excluding hydrogens is 174 g/mol. The SMILES string of the molecule is NC(=O)C1(C2CCCC2)CCCCC1. The Morgan fingerprint density at radius 1 is 1.00 bits per heavy atom. The highest BCUT2D eigenvalue weighted by molar-refractivity contribution is 5.81. The van der Waals surface area contributed by atoms with Crippen molar-refractivity contribution in [2.24, 2.45) is 17.1 Å². The van der Waals surface area contributed by atoms with Crippen molar-refractivity contribution in [1.82, 2.24) is 0 Å². The summed E-state index contributed by atoms with van der Waals surface area (Å²) in [5, 5.41) is 0. The van der Waals surface area contributed by atoms with E-state index in [4.69, 9.17) is 5.73 Å². The molecule has 2 aliphatic rings. The van der Waals surface area contributed by atoms with Crippen LogP contribution in [0, 0.1) is 11.3 Å². The molecule has 2 N–H and O–H groups in total. The van der Waals surface area contributed by atoms with Crippen LogP contribution in [0.15, 0.2) is 0 Å². The summed E-state index contributed by atoms with van der Waals surface area (Å²) in [6.07, 6.45) is 10.9. The molecule has 0 heterocycles. The molecule has 0 aliphatic heterocycles. The molecule has 0 spiro atoms. The molecule has 2 heteroatoms. The van der Waals surface area contributed by atoms with E-state index in [1.807, 2.05) is 0 Å². The fourth-order valence-electron chi connectivity index (χ4n) is 3.52. The summed E-state index contributed by atoms with van der Waals surface area (Å²) in [5.41, 5.74) is 5.54. The molecule has 0 unspecified atom stereocenters. The molecule has 2 rings (SSSR count). The number of carbonyl (C=O) groups is 1. The quantitative estimate of drug-likeness (QED) is 0.723. The van der Waals surface area contributed by atoms with Crippen molar-refractivity contribution in [3.05, 3.63) is 0 Å². The number of amides is 1. The first-order chi connectivity index (χ1) is 6.76. The topological polar surface area (TPSA) is 43.1 Å². The number of rotatable bonds is 2. The van der Waals surface area contributed by atoms with E-state index in [2.05, 4.69) is 0 Å². The van der Waals surface area contributed by atoms with Crippen LogP contribution in [0.25, 0.3) is 0 Å². The van der Waals surface area contributed by atoms with Crippen molar-refractivity contribution < 1.29 is 4.79 Å². The van der Waals surface area contributed by atoms with Crippen molar-refractivity contribution in [2.75, 3.05) is 0 Å². The van der Waals surface area contributed by atoms with Crippen LogP contribution in [-0.2, 0) is 4.79 Å². The molecule has 0 saturated heterocycles. The number of carbonyl (C=O) groups excluding carboxylic acids is 1. The summed E-state index contributed by atoms with van der Waals surface area (Å²) in [4.78, 5) is 11.7. The highest BCUT2D eigenvalue weighted by Crippen LogP contribution is 2.48. The van der Waals surface area contributed by atoms with Crippen molar-refractivity contribution in [3.8, 4) is 0 Å². The van der Waals surface area contributed by atoms with E-state index in [9.17, 15) is 4.79 Å². The second kappa shape index (κ2) is 3.92. The average Bonchev–Trinajstić information content (AvgIpc) is 2.72. The normalized spacial score (nSPS) is 27.7. The Bertz CT molecular complexity index is 212. The molecule has 80 valence electrons. The summed E-state index contributed by atoms with van der Waals surface area (Å²) >= 11 is 0. The molecule has 2 fully saturated rings. The highest BCUT2D eigenvalue weighted by Gasteiger charge is 2.45. The standard InChI is InChI=1S/C12H21NO/c13-11(14)12(8-4-1-5-9-12)10-6-2-3-7-10/h10H,1-9H2,(H2,13,14). The van der Waals surface area contributed by atoms with Gasteiger partial charge in [0.2, 0.25) is 5.91 Å². The van der Waals surface area contributed by atoms with E-state index >= 15 is 0 Å². The van der Waals surface area contributed by atoms with Gasteiger partial charge in [-0.25, -0.2) is 0 Å². The molecule has 0 radical (unpaired) electrons. The first-order valence-electron chi connectivity index (χ1n) is 6.06. The highest BCUT2D eigenvalue weighted by atomic mass is 16.1. The second-order valence-corrected chi connectivity index (χ2v) is 5.06. The smallest absolute Gasteiger partial charge is 0.223 e. The molecule has 0 bridgehead atoms. The van der Waals surface area contributed by atoms with E-state index in [1.165, 1.54) is 44.9 Å². The van der Waals surface area contributed by atoms with Gasteiger partial charge in [-0.15, -0.1) is 0 Å². The molecule has 0 aromatic heterocycles. The molecule has 0 aromatic carbocycles. The van der Waals surface area contributed by atoms with Gasteiger partial charge in [0.15, 0.2) is 0 Å². The fraction of sp³-hybridized carbons (Fsp3) is 0.917. The van der Waals surface area contributed by atoms with Crippen molar-refractivity contribution in [3.63, 3.8) is 0 Å². The van der Waals surface area contributed by atoms with Gasteiger partial charge >= 0.3 is 0 Å². The Hall–Kier alpha value is -0.530. The Labute approximate surface area is 86.2 Å². The first-order valence-corrected chi connectivity index (χ1v) is 6.06. The van der Waals surface area contributed by atoms with Crippen molar-refractivity contribution >= 4 is 5.91 Å². The van der Waals surface area contributed by atoms with Crippen LogP contribution in [0.3, 0.4) is 0 Å². The lowest BCUT2D eigenvalue weighted by atomic mass is 9.64. The third kappa shape index (κ3) is 1.55. The molecule has 0 atom stereocenters. The maximum Gasteiger partial charge on any atom is 0.223 e. The van der Waals surface area contributed by atoms with Crippen LogP contribution in [0.4, 0.5) is 0 Å². The maximum atomic E-state index is 11.7. The van der Waals surface area contributed by atoms with E-state index in [0.717, 1.165) is 12.8 Å². The second-order valence-electron chi connectivity index (χ2n) is 5.06. The molecule has 14 heavy (non-hydrogen) atoms. The predicted octanol–water partition coefficient (Wildman–Crippen LogP) is 2.61. The Morgan fingerprint density at radius 3 is 2.07 bits per heavy atom. The number of hydrogen-bond donors (Lipinski definition) is 1. The largest absolute Gasteiger partial charge is 0.369 e. The van der Waals surface area contributed by atoms with E-state index in [1.54, 1.807) is 0 Å². The lowest BCUT2D eigenvalue weighted by Gasteiger charge is -2.39. The molecule has 0 aromatic rings. The van der Waals surface area contributed by atoms with Gasteiger partial charge < -0.3 is 5.73 Å². The Balaban J connectivity index is 2.15. The number of primary amides is 1. The van der Waals surface area contributed by atoms with Crippen LogP contribution in [0.2, 0.25) is 0 Å². The van der Waals surface area contributed by atoms with Gasteiger partial charge in [0.05, 0.1) is 5.41 Å². The lowest BCUT2D eigenvalue weighted by molar-refractivity contribution is -0.133. The van der Waals surface area contributed by atoms with Crippen LogP contribution < -0.4 is 5.73 Å². The minimum Gasteiger partial charge on any atom is -0.369 e. The molecule has 2 saturated carbocycles. The fourth-order valence-corrected chi connectivity index (χ4v) is 3.52. The van der Waals surface area contributed by atoms with Crippen LogP contribution in [0.1, 0.15) is 57.8 Å². The van der Waals surface area contributed by atoms with Gasteiger partial charge in [-0.3, -0.25) is 4.79 Å². The zero-order valence-electron chi connectivity index (χ0n) is 8.93. The van der Waals surface area contributed by atoms with E-state index in [-0.39, 0.29) is 11.3 Å². The molecule has 2 aliphatic carbocycles. The third-order valence-corrected chi connectivity index (χ3v) is 4.37. The minimum absolute atomic E-state index is 0.0101.